The molecule has 39 heavy (non-hydrogen) atoms. The normalized spacial score (nSPS) is 11.6. The van der Waals surface area contributed by atoms with Gasteiger partial charge in [-0.3, -0.25) is 4.90 Å². The molecule has 0 aromatic carbocycles. The number of alkyl carbamates (subject to hydrolysis) is 2. The van der Waals surface area contributed by atoms with Crippen molar-refractivity contribution in [2.75, 3.05) is 74.9 Å². The lowest BCUT2D eigenvalue weighted by Gasteiger charge is -2.20. The van der Waals surface area contributed by atoms with Gasteiger partial charge in [-0.2, -0.15) is 15.0 Å². The standard InChI is InChI=1S/C25H49N9O5/c1-8-34(17-18-35)16-15-28-21-32-19(26-11-9-13-29-22(36)38-24(2,3)4)31-20(33-21)27-12-10-14-30-23(37)39-25(5,6)7/h35H,8-18H2,1-7H3,(H,29,36)(H,30,37)(H3,26,27,28,31,32,33). The van der Waals surface area contributed by atoms with Crippen LogP contribution in [-0.4, -0.2) is 107 Å². The first-order valence-corrected chi connectivity index (χ1v) is 13.6. The van der Waals surface area contributed by atoms with Gasteiger partial charge in [-0.25, -0.2) is 9.59 Å². The zero-order valence-electron chi connectivity index (χ0n) is 24.6. The topological polar surface area (TPSA) is 175 Å². The second-order valence-electron chi connectivity index (χ2n) is 10.8. The van der Waals surface area contributed by atoms with Crippen LogP contribution in [-0.2, 0) is 9.47 Å². The number of likely N-dealkylation sites (N-methyl/N-ethyl adjacent to an activating group) is 1. The molecule has 0 saturated carbocycles. The number of nitrogens with zero attached hydrogens (tertiary/aromatic N) is 4. The maximum Gasteiger partial charge on any atom is 0.407 e. The fourth-order valence-electron chi connectivity index (χ4n) is 3.09. The number of aliphatic hydroxyl groups excluding tert-OH is 1. The molecule has 0 aliphatic heterocycles. The minimum atomic E-state index is -0.544. The van der Waals surface area contributed by atoms with Crippen LogP contribution in [0.5, 0.6) is 0 Å². The number of hydrogen-bond donors (Lipinski definition) is 6. The molecule has 1 heterocycles. The molecule has 14 nitrogen and oxygen atoms in total. The molecule has 1 rings (SSSR count). The van der Waals surface area contributed by atoms with Crippen molar-refractivity contribution in [3.05, 3.63) is 0 Å². The summed E-state index contributed by atoms with van der Waals surface area (Å²) in [7, 11) is 0. The Bertz CT molecular complexity index is 803. The molecule has 0 radical (unpaired) electrons. The Balaban J connectivity index is 2.63. The Kier molecular flexibility index (Phi) is 15.2. The lowest BCUT2D eigenvalue weighted by Crippen LogP contribution is -2.33. The Hall–Kier alpha value is -3.13. The van der Waals surface area contributed by atoms with E-state index in [1.165, 1.54) is 0 Å². The Morgan fingerprint density at radius 2 is 1.13 bits per heavy atom. The second kappa shape index (κ2) is 17.5. The maximum absolute atomic E-state index is 11.8. The van der Waals surface area contributed by atoms with Crippen LogP contribution in [0.2, 0.25) is 0 Å². The smallest absolute Gasteiger partial charge is 0.407 e. The Morgan fingerprint density at radius 3 is 1.49 bits per heavy atom. The summed E-state index contributed by atoms with van der Waals surface area (Å²) in [5, 5.41) is 24.2. The third-order valence-corrected chi connectivity index (χ3v) is 4.82. The minimum absolute atomic E-state index is 0.104. The predicted molar refractivity (Wildman–Crippen MR) is 152 cm³/mol. The van der Waals surface area contributed by atoms with Crippen LogP contribution in [0.3, 0.4) is 0 Å². The molecule has 224 valence electrons. The summed E-state index contributed by atoms with van der Waals surface area (Å²) in [5.74, 6) is 1.19. The third-order valence-electron chi connectivity index (χ3n) is 4.82. The number of rotatable bonds is 17. The number of carbonyl (C=O) groups excluding carboxylic acids is 2. The summed E-state index contributed by atoms with van der Waals surface area (Å²) in [6, 6.07) is 0. The van der Waals surface area contributed by atoms with E-state index in [1.807, 2.05) is 48.5 Å². The quantitative estimate of drug-likeness (QED) is 0.155. The van der Waals surface area contributed by atoms with Gasteiger partial charge >= 0.3 is 12.2 Å². The molecule has 0 fully saturated rings. The second-order valence-corrected chi connectivity index (χ2v) is 10.8. The number of carbonyl (C=O) groups is 2. The molecule has 0 atom stereocenters. The molecule has 2 amide bonds. The van der Waals surface area contributed by atoms with E-state index in [0.29, 0.717) is 70.0 Å². The van der Waals surface area contributed by atoms with Gasteiger partial charge in [0.05, 0.1) is 6.61 Å². The fraction of sp³-hybridized carbons (Fsp3) is 0.800. The molecule has 0 aliphatic rings. The lowest BCUT2D eigenvalue weighted by molar-refractivity contribution is 0.0516. The minimum Gasteiger partial charge on any atom is -0.444 e. The summed E-state index contributed by atoms with van der Waals surface area (Å²) in [5.41, 5.74) is -1.09. The van der Waals surface area contributed by atoms with Gasteiger partial charge < -0.3 is 41.2 Å². The van der Waals surface area contributed by atoms with Gasteiger partial charge in [-0.05, 0) is 60.9 Å². The highest BCUT2D eigenvalue weighted by molar-refractivity contribution is 5.67. The van der Waals surface area contributed by atoms with E-state index in [1.54, 1.807) is 0 Å². The van der Waals surface area contributed by atoms with Gasteiger partial charge in [-0.1, -0.05) is 6.92 Å². The molecule has 0 saturated heterocycles. The lowest BCUT2D eigenvalue weighted by atomic mass is 10.2. The van der Waals surface area contributed by atoms with E-state index in [0.717, 1.165) is 13.1 Å². The maximum atomic E-state index is 11.8. The number of anilines is 3. The molecular weight excluding hydrogens is 506 g/mol. The van der Waals surface area contributed by atoms with E-state index in [9.17, 15) is 14.7 Å². The fourth-order valence-corrected chi connectivity index (χ4v) is 3.09. The molecule has 0 unspecified atom stereocenters. The van der Waals surface area contributed by atoms with Crippen LogP contribution >= 0.6 is 0 Å². The van der Waals surface area contributed by atoms with E-state index in [4.69, 9.17) is 9.47 Å². The van der Waals surface area contributed by atoms with Crippen molar-refractivity contribution in [1.29, 1.82) is 0 Å². The van der Waals surface area contributed by atoms with Crippen molar-refractivity contribution in [2.24, 2.45) is 0 Å². The van der Waals surface area contributed by atoms with Crippen molar-refractivity contribution in [3.8, 4) is 0 Å². The molecule has 1 aromatic heterocycles. The predicted octanol–water partition coefficient (Wildman–Crippen LogP) is 2.25. The molecule has 14 heteroatoms. The van der Waals surface area contributed by atoms with Gasteiger partial charge in [-0.15, -0.1) is 0 Å². The molecule has 1 aromatic rings. The average Bonchev–Trinajstić information content (AvgIpc) is 2.80. The number of nitrogens with one attached hydrogen (secondary N) is 5. The van der Waals surface area contributed by atoms with Gasteiger partial charge in [0.25, 0.3) is 0 Å². The first-order valence-electron chi connectivity index (χ1n) is 13.6. The van der Waals surface area contributed by atoms with E-state index in [-0.39, 0.29) is 6.61 Å². The molecule has 0 bridgehead atoms. The van der Waals surface area contributed by atoms with Crippen molar-refractivity contribution in [3.63, 3.8) is 0 Å². The highest BCUT2D eigenvalue weighted by atomic mass is 16.6. The van der Waals surface area contributed by atoms with Crippen molar-refractivity contribution in [1.82, 2.24) is 30.5 Å². The van der Waals surface area contributed by atoms with E-state index < -0.39 is 23.4 Å². The van der Waals surface area contributed by atoms with Crippen molar-refractivity contribution in [2.45, 2.75) is 72.5 Å². The molecule has 0 aliphatic carbocycles. The number of ether oxygens (including phenoxy) is 2. The molecule has 6 N–H and O–H groups in total. The van der Waals surface area contributed by atoms with Crippen molar-refractivity contribution < 1.29 is 24.2 Å². The van der Waals surface area contributed by atoms with Crippen LogP contribution in [0, 0.1) is 0 Å². The van der Waals surface area contributed by atoms with Gasteiger partial charge in [0.15, 0.2) is 0 Å². The Morgan fingerprint density at radius 1 is 0.718 bits per heavy atom. The highest BCUT2D eigenvalue weighted by Crippen LogP contribution is 2.10. The summed E-state index contributed by atoms with van der Waals surface area (Å²) in [6.07, 6.45) is 0.368. The number of aromatic nitrogens is 3. The van der Waals surface area contributed by atoms with Crippen LogP contribution in [0.15, 0.2) is 0 Å². The average molecular weight is 556 g/mol. The number of hydrogen-bond acceptors (Lipinski definition) is 12. The van der Waals surface area contributed by atoms with E-state index in [2.05, 4.69) is 46.4 Å². The molecular formula is C25H49N9O5. The third kappa shape index (κ3) is 17.9. The van der Waals surface area contributed by atoms with Crippen LogP contribution in [0.1, 0.15) is 61.3 Å². The van der Waals surface area contributed by atoms with Crippen LogP contribution in [0.25, 0.3) is 0 Å². The van der Waals surface area contributed by atoms with Crippen LogP contribution in [0.4, 0.5) is 27.4 Å². The van der Waals surface area contributed by atoms with Gasteiger partial charge in [0.2, 0.25) is 17.8 Å². The van der Waals surface area contributed by atoms with E-state index >= 15 is 0 Å². The summed E-state index contributed by atoms with van der Waals surface area (Å²) in [6.45, 7) is 17.7. The monoisotopic (exact) mass is 555 g/mol. The number of aliphatic hydroxyl groups is 1. The highest BCUT2D eigenvalue weighted by Gasteiger charge is 2.16. The SMILES string of the molecule is CCN(CCO)CCNc1nc(NCCCNC(=O)OC(C)(C)C)nc(NCCCNC(=O)OC(C)(C)C)n1. The number of amides is 2. The summed E-state index contributed by atoms with van der Waals surface area (Å²) < 4.78 is 10.5. The van der Waals surface area contributed by atoms with Gasteiger partial charge in [0.1, 0.15) is 11.2 Å². The first-order chi connectivity index (χ1) is 18.3. The first kappa shape index (κ1) is 33.9. The largest absolute Gasteiger partial charge is 0.444 e. The summed E-state index contributed by atoms with van der Waals surface area (Å²) >= 11 is 0. The van der Waals surface area contributed by atoms with Crippen LogP contribution < -0.4 is 26.6 Å². The van der Waals surface area contributed by atoms with Crippen molar-refractivity contribution >= 4 is 30.0 Å². The molecule has 0 spiro atoms. The zero-order valence-corrected chi connectivity index (χ0v) is 24.6. The Labute approximate surface area is 232 Å². The summed E-state index contributed by atoms with van der Waals surface area (Å²) in [4.78, 5) is 39.0. The zero-order chi connectivity index (χ0) is 29.3. The van der Waals surface area contributed by atoms with Gasteiger partial charge in [0, 0.05) is 45.8 Å².